The van der Waals surface area contributed by atoms with Crippen molar-refractivity contribution in [2.24, 2.45) is 17.8 Å². The van der Waals surface area contributed by atoms with Crippen LogP contribution in [-0.2, 0) is 13.6 Å². The third-order valence-electron chi connectivity index (χ3n) is 2.86. The fourth-order valence-corrected chi connectivity index (χ4v) is 1.78. The van der Waals surface area contributed by atoms with Gasteiger partial charge in [-0.2, -0.15) is 5.10 Å². The molecule has 0 spiro atoms. The van der Waals surface area contributed by atoms with Gasteiger partial charge in [0.15, 0.2) is 11.8 Å². The summed E-state index contributed by atoms with van der Waals surface area (Å²) in [6.07, 6.45) is 1.64. The number of aromatic nitrogens is 3. The third-order valence-corrected chi connectivity index (χ3v) is 2.86. The van der Waals surface area contributed by atoms with E-state index in [9.17, 15) is 0 Å². The lowest BCUT2D eigenvalue weighted by molar-refractivity contribution is 0.742. The lowest BCUT2D eigenvalue weighted by Gasteiger charge is -2.09. The van der Waals surface area contributed by atoms with Gasteiger partial charge in [-0.3, -0.25) is 4.68 Å². The first kappa shape index (κ1) is 14.0. The first-order chi connectivity index (χ1) is 9.54. The van der Waals surface area contributed by atoms with Gasteiger partial charge in [-0.25, -0.2) is 9.98 Å². The Morgan fingerprint density at radius 1 is 1.45 bits per heavy atom. The fourth-order valence-electron chi connectivity index (χ4n) is 1.78. The number of nitrogens with one attached hydrogen (secondary N) is 1. The molecule has 0 bridgehead atoms. The van der Waals surface area contributed by atoms with Crippen molar-refractivity contribution in [3.05, 3.63) is 42.0 Å². The average molecular weight is 272 g/mol. The normalized spacial score (nSPS) is 11.9. The lowest BCUT2D eigenvalue weighted by Crippen LogP contribution is -2.22. The highest BCUT2D eigenvalue weighted by molar-refractivity contribution is 5.92. The molecule has 0 aliphatic rings. The van der Waals surface area contributed by atoms with E-state index in [0.29, 0.717) is 24.2 Å². The summed E-state index contributed by atoms with van der Waals surface area (Å²) in [7, 11) is 1.82. The van der Waals surface area contributed by atoms with E-state index in [1.807, 2.05) is 19.2 Å². The zero-order valence-corrected chi connectivity index (χ0v) is 12.0. The minimum absolute atomic E-state index is 0.360. The van der Waals surface area contributed by atoms with Gasteiger partial charge in [-0.05, 0) is 23.6 Å². The smallest absolute Gasteiger partial charge is 0.193 e. The van der Waals surface area contributed by atoms with Crippen molar-refractivity contribution in [3.8, 4) is 0 Å². The van der Waals surface area contributed by atoms with E-state index in [0.717, 1.165) is 5.69 Å². The molecule has 1 aromatic carbocycles. The van der Waals surface area contributed by atoms with Gasteiger partial charge in [0, 0.05) is 12.7 Å². The minimum atomic E-state index is 0.360. The minimum Gasteiger partial charge on any atom is -0.370 e. The zero-order chi connectivity index (χ0) is 14.5. The number of rotatable bonds is 4. The van der Waals surface area contributed by atoms with Gasteiger partial charge in [-0.1, -0.05) is 26.0 Å². The summed E-state index contributed by atoms with van der Waals surface area (Å²) < 4.78 is 1.64. The molecule has 1 heterocycles. The molecule has 3 N–H and O–H groups in total. The van der Waals surface area contributed by atoms with Gasteiger partial charge < -0.3 is 11.1 Å². The molecule has 0 radical (unpaired) electrons. The Morgan fingerprint density at radius 3 is 2.90 bits per heavy atom. The van der Waals surface area contributed by atoms with Crippen LogP contribution in [0.3, 0.4) is 0 Å². The lowest BCUT2D eigenvalue weighted by atomic mass is 10.0. The van der Waals surface area contributed by atoms with Crippen LogP contribution >= 0.6 is 0 Å². The van der Waals surface area contributed by atoms with Crippen LogP contribution in [0.15, 0.2) is 35.6 Å². The topological polar surface area (TPSA) is 81.1 Å². The number of hydrogen-bond acceptors (Lipinski definition) is 3. The Bertz CT molecular complexity index is 599. The number of benzene rings is 1. The fraction of sp³-hybridized carbons (Fsp3) is 0.357. The van der Waals surface area contributed by atoms with E-state index in [1.54, 1.807) is 11.0 Å². The SMILES string of the molecule is CC(C)c1cccc(NC(N)=NCc2ncn(C)n2)c1. The van der Waals surface area contributed by atoms with Crippen LogP contribution in [0.4, 0.5) is 5.69 Å². The van der Waals surface area contributed by atoms with Crippen molar-refractivity contribution in [3.63, 3.8) is 0 Å². The summed E-state index contributed by atoms with van der Waals surface area (Å²) in [4.78, 5) is 8.32. The van der Waals surface area contributed by atoms with E-state index in [4.69, 9.17) is 5.73 Å². The summed E-state index contributed by atoms with van der Waals surface area (Å²) in [6, 6.07) is 8.14. The molecule has 0 unspecified atom stereocenters. The molecule has 20 heavy (non-hydrogen) atoms. The van der Waals surface area contributed by atoms with E-state index < -0.39 is 0 Å². The zero-order valence-electron chi connectivity index (χ0n) is 12.0. The summed E-state index contributed by atoms with van der Waals surface area (Å²) in [5.41, 5.74) is 8.06. The molecule has 0 fully saturated rings. The third kappa shape index (κ3) is 3.81. The Morgan fingerprint density at radius 2 is 2.25 bits per heavy atom. The molecular formula is C14H20N6. The van der Waals surface area contributed by atoms with Crippen molar-refractivity contribution >= 4 is 11.6 Å². The van der Waals surface area contributed by atoms with Crippen LogP contribution in [0, 0.1) is 0 Å². The van der Waals surface area contributed by atoms with Gasteiger partial charge in [0.1, 0.15) is 12.9 Å². The van der Waals surface area contributed by atoms with Crippen molar-refractivity contribution in [1.82, 2.24) is 14.8 Å². The average Bonchev–Trinajstić information content (AvgIpc) is 2.82. The second-order valence-corrected chi connectivity index (χ2v) is 4.94. The van der Waals surface area contributed by atoms with Crippen LogP contribution in [0.2, 0.25) is 0 Å². The van der Waals surface area contributed by atoms with Gasteiger partial charge in [0.25, 0.3) is 0 Å². The first-order valence-corrected chi connectivity index (χ1v) is 6.56. The highest BCUT2D eigenvalue weighted by Gasteiger charge is 2.02. The predicted molar refractivity (Wildman–Crippen MR) is 80.5 cm³/mol. The Balaban J connectivity index is 2.00. The molecular weight excluding hydrogens is 252 g/mol. The van der Waals surface area contributed by atoms with Crippen molar-refractivity contribution in [2.45, 2.75) is 26.3 Å². The van der Waals surface area contributed by atoms with Gasteiger partial charge in [-0.15, -0.1) is 0 Å². The van der Waals surface area contributed by atoms with E-state index in [2.05, 4.69) is 46.4 Å². The largest absolute Gasteiger partial charge is 0.370 e. The van der Waals surface area contributed by atoms with Gasteiger partial charge in [0.05, 0.1) is 0 Å². The van der Waals surface area contributed by atoms with Crippen LogP contribution in [0.1, 0.15) is 31.2 Å². The van der Waals surface area contributed by atoms with Crippen LogP contribution < -0.4 is 11.1 Å². The van der Waals surface area contributed by atoms with E-state index in [-0.39, 0.29) is 0 Å². The Labute approximate surface area is 118 Å². The highest BCUT2D eigenvalue weighted by atomic mass is 15.3. The standard InChI is InChI=1S/C14H20N6/c1-10(2)11-5-4-6-12(7-11)18-14(15)16-8-13-17-9-20(3)19-13/h4-7,9-10H,8H2,1-3H3,(H3,15,16,18). The maximum absolute atomic E-state index is 5.86. The number of guanidine groups is 1. The monoisotopic (exact) mass is 272 g/mol. The molecule has 0 atom stereocenters. The molecule has 6 nitrogen and oxygen atoms in total. The van der Waals surface area contributed by atoms with Crippen LogP contribution in [-0.4, -0.2) is 20.7 Å². The maximum atomic E-state index is 5.86. The molecule has 2 aromatic rings. The summed E-state index contributed by atoms with van der Waals surface area (Å²) in [5.74, 6) is 1.49. The molecule has 6 heteroatoms. The number of anilines is 1. The van der Waals surface area contributed by atoms with Crippen LogP contribution in [0.5, 0.6) is 0 Å². The molecule has 2 rings (SSSR count). The molecule has 106 valence electrons. The molecule has 0 saturated carbocycles. The van der Waals surface area contributed by atoms with Gasteiger partial charge >= 0.3 is 0 Å². The van der Waals surface area contributed by atoms with Crippen molar-refractivity contribution < 1.29 is 0 Å². The summed E-state index contributed by atoms with van der Waals surface area (Å²) in [5, 5.41) is 7.22. The second-order valence-electron chi connectivity index (χ2n) is 4.94. The molecule has 0 saturated heterocycles. The molecule has 1 aromatic heterocycles. The maximum Gasteiger partial charge on any atom is 0.193 e. The predicted octanol–water partition coefficient (Wildman–Crippen LogP) is 1.87. The summed E-state index contributed by atoms with van der Waals surface area (Å²) in [6.45, 7) is 4.68. The molecule has 0 amide bonds. The molecule has 0 aliphatic carbocycles. The second kappa shape index (κ2) is 6.18. The number of nitrogens with two attached hydrogens (primary N) is 1. The highest BCUT2D eigenvalue weighted by Crippen LogP contribution is 2.18. The number of aliphatic imine (C=N–C) groups is 1. The van der Waals surface area contributed by atoms with Crippen molar-refractivity contribution in [2.75, 3.05) is 5.32 Å². The Hall–Kier alpha value is -2.37. The Kier molecular flexibility index (Phi) is 4.34. The summed E-state index contributed by atoms with van der Waals surface area (Å²) >= 11 is 0. The quantitative estimate of drug-likeness (QED) is 0.657. The van der Waals surface area contributed by atoms with Crippen molar-refractivity contribution in [1.29, 1.82) is 0 Å². The van der Waals surface area contributed by atoms with E-state index >= 15 is 0 Å². The number of aryl methyl sites for hydroxylation is 1. The number of hydrogen-bond donors (Lipinski definition) is 2. The first-order valence-electron chi connectivity index (χ1n) is 6.56. The van der Waals surface area contributed by atoms with E-state index in [1.165, 1.54) is 5.56 Å². The van der Waals surface area contributed by atoms with Gasteiger partial charge in [0.2, 0.25) is 0 Å². The molecule has 0 aliphatic heterocycles. The van der Waals surface area contributed by atoms with Crippen LogP contribution in [0.25, 0.3) is 0 Å². The number of nitrogens with zero attached hydrogens (tertiary/aromatic N) is 4.